The molecule has 0 radical (unpaired) electrons. The highest BCUT2D eigenvalue weighted by molar-refractivity contribution is 14.0. The Morgan fingerprint density at radius 3 is 2.73 bits per heavy atom. The van der Waals surface area contributed by atoms with Gasteiger partial charge in [0.1, 0.15) is 0 Å². The number of nitrogens with zero attached hydrogens (tertiary/aromatic N) is 3. The monoisotopic (exact) mass is 464 g/mol. The van der Waals surface area contributed by atoms with E-state index < -0.39 is 0 Å². The van der Waals surface area contributed by atoms with E-state index in [2.05, 4.69) is 56.6 Å². The molecule has 138 valence electrons. The molecule has 2 aromatic rings. The predicted octanol–water partition coefficient (Wildman–Crippen LogP) is 3.57. The Morgan fingerprint density at radius 1 is 1.27 bits per heavy atom. The van der Waals surface area contributed by atoms with Crippen LogP contribution in [0.4, 0.5) is 0 Å². The fourth-order valence-electron chi connectivity index (χ4n) is 2.96. The minimum atomic E-state index is 0. The molecule has 0 saturated carbocycles. The topological polar surface area (TPSA) is 49.8 Å². The average Bonchev–Trinajstić information content (AvgIpc) is 2.70. The standard InChI is InChI=1S/C20H24N4O.HI/c1-21-20(23-15-16-8-11-22-19(14-16)25-2)24-12-9-18(10-13-24)17-6-4-3-5-7-17;/h3-9,11,14H,10,12-13,15H2,1-2H3,(H,21,23);1H. The van der Waals surface area contributed by atoms with Gasteiger partial charge in [-0.1, -0.05) is 36.4 Å². The first-order chi connectivity index (χ1) is 12.3. The first kappa shape index (κ1) is 20.2. The number of aliphatic imine (C=N–C) groups is 1. The minimum Gasteiger partial charge on any atom is -0.481 e. The second-order valence-corrected chi connectivity index (χ2v) is 5.90. The summed E-state index contributed by atoms with van der Waals surface area (Å²) >= 11 is 0. The number of ether oxygens (including phenoxy) is 1. The molecule has 0 atom stereocenters. The van der Waals surface area contributed by atoms with Crippen LogP contribution in [0.2, 0.25) is 0 Å². The summed E-state index contributed by atoms with van der Waals surface area (Å²) < 4.78 is 5.17. The van der Waals surface area contributed by atoms with Gasteiger partial charge in [-0.25, -0.2) is 4.98 Å². The van der Waals surface area contributed by atoms with Crippen LogP contribution in [0.25, 0.3) is 5.57 Å². The van der Waals surface area contributed by atoms with E-state index in [-0.39, 0.29) is 24.0 Å². The van der Waals surface area contributed by atoms with Crippen molar-refractivity contribution in [1.82, 2.24) is 15.2 Å². The minimum absolute atomic E-state index is 0. The summed E-state index contributed by atoms with van der Waals surface area (Å²) in [6.07, 6.45) is 5.07. The van der Waals surface area contributed by atoms with Gasteiger partial charge in [-0.15, -0.1) is 24.0 Å². The summed E-state index contributed by atoms with van der Waals surface area (Å²) in [5.74, 6) is 1.54. The maximum atomic E-state index is 5.17. The van der Waals surface area contributed by atoms with Crippen molar-refractivity contribution in [2.75, 3.05) is 27.2 Å². The van der Waals surface area contributed by atoms with Crippen LogP contribution in [0.3, 0.4) is 0 Å². The Morgan fingerprint density at radius 2 is 2.08 bits per heavy atom. The number of rotatable bonds is 4. The molecule has 0 aliphatic carbocycles. The number of guanidine groups is 1. The molecule has 1 N–H and O–H groups in total. The third-order valence-electron chi connectivity index (χ3n) is 4.32. The van der Waals surface area contributed by atoms with Crippen molar-refractivity contribution in [1.29, 1.82) is 0 Å². The zero-order chi connectivity index (χ0) is 17.5. The number of pyridine rings is 1. The van der Waals surface area contributed by atoms with Gasteiger partial charge in [0, 0.05) is 38.9 Å². The van der Waals surface area contributed by atoms with E-state index in [1.165, 1.54) is 11.1 Å². The highest BCUT2D eigenvalue weighted by Crippen LogP contribution is 2.22. The second-order valence-electron chi connectivity index (χ2n) is 5.90. The number of benzene rings is 1. The molecule has 26 heavy (non-hydrogen) atoms. The van der Waals surface area contributed by atoms with Crippen molar-refractivity contribution in [2.24, 2.45) is 4.99 Å². The van der Waals surface area contributed by atoms with Crippen LogP contribution < -0.4 is 10.1 Å². The van der Waals surface area contributed by atoms with Gasteiger partial charge in [-0.2, -0.15) is 0 Å². The van der Waals surface area contributed by atoms with Crippen molar-refractivity contribution in [2.45, 2.75) is 13.0 Å². The molecule has 1 aliphatic heterocycles. The summed E-state index contributed by atoms with van der Waals surface area (Å²) in [5, 5.41) is 3.42. The third kappa shape index (κ3) is 5.20. The molecule has 5 nitrogen and oxygen atoms in total. The fourth-order valence-corrected chi connectivity index (χ4v) is 2.96. The van der Waals surface area contributed by atoms with E-state index in [9.17, 15) is 0 Å². The lowest BCUT2D eigenvalue weighted by Gasteiger charge is -2.29. The molecular weight excluding hydrogens is 439 g/mol. The summed E-state index contributed by atoms with van der Waals surface area (Å²) in [4.78, 5) is 10.8. The molecule has 0 amide bonds. The predicted molar refractivity (Wildman–Crippen MR) is 117 cm³/mol. The summed E-state index contributed by atoms with van der Waals surface area (Å²) in [7, 11) is 3.45. The van der Waals surface area contributed by atoms with E-state index in [4.69, 9.17) is 4.74 Å². The highest BCUT2D eigenvalue weighted by Gasteiger charge is 2.16. The molecule has 1 aromatic carbocycles. The van der Waals surface area contributed by atoms with Crippen molar-refractivity contribution < 1.29 is 4.74 Å². The van der Waals surface area contributed by atoms with Crippen LogP contribution in [0.5, 0.6) is 5.88 Å². The van der Waals surface area contributed by atoms with Gasteiger partial charge in [0.05, 0.1) is 7.11 Å². The summed E-state index contributed by atoms with van der Waals surface area (Å²) in [5.41, 5.74) is 3.84. The van der Waals surface area contributed by atoms with Gasteiger partial charge < -0.3 is 15.0 Å². The second kappa shape index (κ2) is 10.2. The lowest BCUT2D eigenvalue weighted by Crippen LogP contribution is -2.43. The molecule has 1 aliphatic rings. The number of methoxy groups -OCH3 is 1. The van der Waals surface area contributed by atoms with Gasteiger partial charge in [0.25, 0.3) is 0 Å². The fraction of sp³-hybridized carbons (Fsp3) is 0.300. The Labute approximate surface area is 172 Å². The molecule has 0 spiro atoms. The maximum Gasteiger partial charge on any atom is 0.213 e. The van der Waals surface area contributed by atoms with Crippen molar-refractivity contribution >= 4 is 35.5 Å². The number of hydrogen-bond donors (Lipinski definition) is 1. The first-order valence-electron chi connectivity index (χ1n) is 8.49. The van der Waals surface area contributed by atoms with E-state index in [1.807, 2.05) is 19.2 Å². The van der Waals surface area contributed by atoms with Gasteiger partial charge in [-0.3, -0.25) is 4.99 Å². The SMILES string of the molecule is CN=C(NCc1ccnc(OC)c1)N1CC=C(c2ccccc2)CC1.I. The Bertz CT molecular complexity index is 761. The van der Waals surface area contributed by atoms with Crippen LogP contribution in [0.1, 0.15) is 17.5 Å². The van der Waals surface area contributed by atoms with Crippen LogP contribution >= 0.6 is 24.0 Å². The Kier molecular flexibility index (Phi) is 7.90. The average molecular weight is 464 g/mol. The molecule has 0 fully saturated rings. The molecule has 1 aromatic heterocycles. The zero-order valence-corrected chi connectivity index (χ0v) is 17.5. The zero-order valence-electron chi connectivity index (χ0n) is 15.2. The molecule has 3 rings (SSSR count). The first-order valence-corrected chi connectivity index (χ1v) is 8.49. The van der Waals surface area contributed by atoms with E-state index in [0.717, 1.165) is 31.0 Å². The van der Waals surface area contributed by atoms with Gasteiger partial charge in [0.2, 0.25) is 5.88 Å². The van der Waals surface area contributed by atoms with Gasteiger partial charge in [-0.05, 0) is 29.2 Å². The van der Waals surface area contributed by atoms with Gasteiger partial charge >= 0.3 is 0 Å². The van der Waals surface area contributed by atoms with Crippen LogP contribution in [-0.2, 0) is 6.54 Å². The molecule has 0 unspecified atom stereocenters. The number of halogens is 1. The normalized spacial score (nSPS) is 14.3. The molecular formula is C20H25IN4O. The van der Waals surface area contributed by atoms with Gasteiger partial charge in [0.15, 0.2) is 5.96 Å². The van der Waals surface area contributed by atoms with Crippen LogP contribution in [-0.4, -0.2) is 43.1 Å². The van der Waals surface area contributed by atoms with E-state index in [0.29, 0.717) is 12.4 Å². The summed E-state index contributed by atoms with van der Waals surface area (Å²) in [6, 6.07) is 14.5. The van der Waals surface area contributed by atoms with E-state index >= 15 is 0 Å². The van der Waals surface area contributed by atoms with Crippen LogP contribution in [0, 0.1) is 0 Å². The Hall–Kier alpha value is -2.09. The van der Waals surface area contributed by atoms with E-state index in [1.54, 1.807) is 13.3 Å². The van der Waals surface area contributed by atoms with Crippen molar-refractivity contribution in [3.63, 3.8) is 0 Å². The molecule has 0 bridgehead atoms. The number of aromatic nitrogens is 1. The maximum absolute atomic E-state index is 5.17. The lowest BCUT2D eigenvalue weighted by atomic mass is 10.00. The quantitative estimate of drug-likeness (QED) is 0.427. The lowest BCUT2D eigenvalue weighted by molar-refractivity contribution is 0.397. The van der Waals surface area contributed by atoms with Crippen molar-refractivity contribution in [3.8, 4) is 5.88 Å². The molecule has 0 saturated heterocycles. The van der Waals surface area contributed by atoms with Crippen molar-refractivity contribution in [3.05, 3.63) is 65.9 Å². The van der Waals surface area contributed by atoms with Crippen LogP contribution in [0.15, 0.2) is 59.7 Å². The molecule has 6 heteroatoms. The highest BCUT2D eigenvalue weighted by atomic mass is 127. The Balaban J connectivity index is 0.00000243. The number of hydrogen-bond acceptors (Lipinski definition) is 3. The summed E-state index contributed by atoms with van der Waals surface area (Å²) in [6.45, 7) is 2.51. The molecule has 2 heterocycles. The smallest absolute Gasteiger partial charge is 0.213 e. The largest absolute Gasteiger partial charge is 0.481 e. The number of nitrogens with one attached hydrogen (secondary N) is 1. The third-order valence-corrected chi connectivity index (χ3v) is 4.32.